The van der Waals surface area contributed by atoms with Crippen LogP contribution in [0.4, 0.5) is 0 Å². The Morgan fingerprint density at radius 3 is 2.84 bits per heavy atom. The van der Waals surface area contributed by atoms with Crippen molar-refractivity contribution in [1.82, 2.24) is 4.90 Å². The van der Waals surface area contributed by atoms with E-state index >= 15 is 0 Å². The molecule has 0 amide bonds. The van der Waals surface area contributed by atoms with Crippen LogP contribution in [0.15, 0.2) is 54.6 Å². The summed E-state index contributed by atoms with van der Waals surface area (Å²) in [5, 5.41) is 2.67. The van der Waals surface area contributed by atoms with Crippen LogP contribution in [0.5, 0.6) is 0 Å². The van der Waals surface area contributed by atoms with Crippen molar-refractivity contribution in [3.63, 3.8) is 0 Å². The van der Waals surface area contributed by atoms with Gasteiger partial charge in [0.05, 0.1) is 0 Å². The topological polar surface area (TPSA) is 29.3 Å². The number of rotatable bonds is 3. The molecule has 0 saturated carbocycles. The van der Waals surface area contributed by atoms with Crippen LogP contribution in [-0.4, -0.2) is 24.0 Å². The minimum atomic E-state index is 0.382. The van der Waals surface area contributed by atoms with Gasteiger partial charge in [-0.2, -0.15) is 0 Å². The molecule has 0 fully saturated rings. The zero-order chi connectivity index (χ0) is 13.1. The van der Waals surface area contributed by atoms with E-state index in [1.807, 2.05) is 0 Å². The first-order chi connectivity index (χ1) is 9.38. The van der Waals surface area contributed by atoms with Crippen molar-refractivity contribution in [3.05, 3.63) is 60.2 Å². The fourth-order valence-corrected chi connectivity index (χ4v) is 2.85. The molecule has 1 heterocycles. The average molecular weight is 252 g/mol. The molecule has 2 aromatic rings. The molecule has 0 radical (unpaired) electrons. The van der Waals surface area contributed by atoms with Crippen molar-refractivity contribution in [2.75, 3.05) is 13.1 Å². The summed E-state index contributed by atoms with van der Waals surface area (Å²) in [6, 6.07) is 15.5. The lowest BCUT2D eigenvalue weighted by Gasteiger charge is -2.31. The second kappa shape index (κ2) is 5.55. The smallest absolute Gasteiger partial charge is 0.0404 e. The second-order valence-corrected chi connectivity index (χ2v) is 5.13. The molecule has 0 bridgehead atoms. The highest BCUT2D eigenvalue weighted by Crippen LogP contribution is 2.22. The van der Waals surface area contributed by atoms with Crippen LogP contribution in [-0.2, 0) is 6.54 Å². The molecule has 1 aliphatic heterocycles. The van der Waals surface area contributed by atoms with Crippen LogP contribution in [0, 0.1) is 0 Å². The molecule has 2 heteroatoms. The van der Waals surface area contributed by atoms with Crippen molar-refractivity contribution in [1.29, 1.82) is 0 Å². The largest absolute Gasteiger partial charge is 0.329 e. The van der Waals surface area contributed by atoms with Gasteiger partial charge in [0.25, 0.3) is 0 Å². The Morgan fingerprint density at radius 1 is 1.11 bits per heavy atom. The van der Waals surface area contributed by atoms with Gasteiger partial charge in [0.15, 0.2) is 0 Å². The zero-order valence-electron chi connectivity index (χ0n) is 11.1. The highest BCUT2D eigenvalue weighted by Gasteiger charge is 2.17. The molecule has 0 aliphatic carbocycles. The first-order valence-corrected chi connectivity index (χ1v) is 6.96. The number of benzene rings is 2. The van der Waals surface area contributed by atoms with Gasteiger partial charge >= 0.3 is 0 Å². The lowest BCUT2D eigenvalue weighted by Crippen LogP contribution is -2.41. The van der Waals surface area contributed by atoms with Crippen LogP contribution >= 0.6 is 0 Å². The number of nitrogens with zero attached hydrogens (tertiary/aromatic N) is 1. The summed E-state index contributed by atoms with van der Waals surface area (Å²) in [4.78, 5) is 2.47. The predicted molar refractivity (Wildman–Crippen MR) is 81.0 cm³/mol. The maximum Gasteiger partial charge on any atom is 0.0404 e. The summed E-state index contributed by atoms with van der Waals surface area (Å²) in [7, 11) is 0. The van der Waals surface area contributed by atoms with Gasteiger partial charge < -0.3 is 5.73 Å². The van der Waals surface area contributed by atoms with E-state index in [9.17, 15) is 0 Å². The summed E-state index contributed by atoms with van der Waals surface area (Å²) in [5.74, 6) is 0. The summed E-state index contributed by atoms with van der Waals surface area (Å²) in [6.07, 6.45) is 5.62. The molecule has 1 aliphatic rings. The number of hydrogen-bond donors (Lipinski definition) is 1. The number of hydrogen-bond acceptors (Lipinski definition) is 2. The Balaban J connectivity index is 1.91. The highest BCUT2D eigenvalue weighted by atomic mass is 15.2. The third-order valence-corrected chi connectivity index (χ3v) is 3.91. The predicted octanol–water partition coefficient (Wildman–Crippen LogP) is 2.93. The van der Waals surface area contributed by atoms with Gasteiger partial charge in [-0.1, -0.05) is 54.6 Å². The summed E-state index contributed by atoms with van der Waals surface area (Å²) >= 11 is 0. The SMILES string of the molecule is NCC1C=CCCN1Cc1cccc2ccccc12. The first-order valence-electron chi connectivity index (χ1n) is 6.96. The van der Waals surface area contributed by atoms with Crippen molar-refractivity contribution >= 4 is 10.8 Å². The van der Waals surface area contributed by atoms with Crippen molar-refractivity contribution in [3.8, 4) is 0 Å². The second-order valence-electron chi connectivity index (χ2n) is 5.13. The number of fused-ring (bicyclic) bond motifs is 1. The Labute approximate surface area is 114 Å². The van der Waals surface area contributed by atoms with Gasteiger partial charge in [-0.3, -0.25) is 4.90 Å². The molecule has 3 rings (SSSR count). The van der Waals surface area contributed by atoms with E-state index in [0.717, 1.165) is 19.5 Å². The minimum absolute atomic E-state index is 0.382. The molecule has 2 N–H and O–H groups in total. The lowest BCUT2D eigenvalue weighted by molar-refractivity contribution is 0.219. The van der Waals surface area contributed by atoms with Crippen molar-refractivity contribution < 1.29 is 0 Å². The molecule has 2 aromatic carbocycles. The number of nitrogens with two attached hydrogens (primary N) is 1. The van der Waals surface area contributed by atoms with E-state index in [4.69, 9.17) is 5.73 Å². The van der Waals surface area contributed by atoms with Gasteiger partial charge in [-0.25, -0.2) is 0 Å². The van der Waals surface area contributed by atoms with Gasteiger partial charge in [0, 0.05) is 25.7 Å². The molecular formula is C17H20N2. The Morgan fingerprint density at radius 2 is 1.95 bits per heavy atom. The normalized spacial score (nSPS) is 19.9. The molecule has 98 valence electrons. The first kappa shape index (κ1) is 12.4. The Hall–Kier alpha value is -1.64. The average Bonchev–Trinajstić information content (AvgIpc) is 2.48. The Kier molecular flexibility index (Phi) is 3.62. The molecule has 1 unspecified atom stereocenters. The Bertz CT molecular complexity index is 583. The molecule has 1 atom stereocenters. The van der Waals surface area contributed by atoms with Gasteiger partial charge in [0.2, 0.25) is 0 Å². The maximum atomic E-state index is 5.87. The van der Waals surface area contributed by atoms with Gasteiger partial charge in [-0.15, -0.1) is 0 Å². The summed E-state index contributed by atoms with van der Waals surface area (Å²) < 4.78 is 0. The van der Waals surface area contributed by atoms with Crippen molar-refractivity contribution in [2.45, 2.75) is 19.0 Å². The van der Waals surface area contributed by atoms with E-state index in [2.05, 4.69) is 59.5 Å². The monoisotopic (exact) mass is 252 g/mol. The van der Waals surface area contributed by atoms with E-state index < -0.39 is 0 Å². The van der Waals surface area contributed by atoms with E-state index in [1.165, 1.54) is 16.3 Å². The van der Waals surface area contributed by atoms with Crippen LogP contribution in [0.1, 0.15) is 12.0 Å². The van der Waals surface area contributed by atoms with Crippen LogP contribution in [0.25, 0.3) is 10.8 Å². The third-order valence-electron chi connectivity index (χ3n) is 3.91. The molecular weight excluding hydrogens is 232 g/mol. The van der Waals surface area contributed by atoms with Crippen LogP contribution in [0.2, 0.25) is 0 Å². The molecule has 0 saturated heterocycles. The lowest BCUT2D eigenvalue weighted by atomic mass is 10.0. The summed E-state index contributed by atoms with van der Waals surface area (Å²) in [5.41, 5.74) is 7.26. The standard InChI is InChI=1S/C17H20N2/c18-12-16-9-3-4-11-19(16)13-15-8-5-7-14-6-1-2-10-17(14)15/h1-3,5-10,16H,4,11-13,18H2. The van der Waals surface area contributed by atoms with E-state index in [-0.39, 0.29) is 0 Å². The van der Waals surface area contributed by atoms with Crippen LogP contribution < -0.4 is 5.73 Å². The fourth-order valence-electron chi connectivity index (χ4n) is 2.85. The molecule has 0 spiro atoms. The van der Waals surface area contributed by atoms with Gasteiger partial charge in [-0.05, 0) is 22.8 Å². The van der Waals surface area contributed by atoms with E-state index in [0.29, 0.717) is 12.6 Å². The van der Waals surface area contributed by atoms with E-state index in [1.54, 1.807) is 0 Å². The molecule has 2 nitrogen and oxygen atoms in total. The highest BCUT2D eigenvalue weighted by molar-refractivity contribution is 5.85. The quantitative estimate of drug-likeness (QED) is 0.851. The molecule has 0 aromatic heterocycles. The van der Waals surface area contributed by atoms with Crippen molar-refractivity contribution in [2.24, 2.45) is 5.73 Å². The zero-order valence-corrected chi connectivity index (χ0v) is 11.1. The van der Waals surface area contributed by atoms with Gasteiger partial charge in [0.1, 0.15) is 0 Å². The maximum absolute atomic E-state index is 5.87. The minimum Gasteiger partial charge on any atom is -0.329 e. The molecule has 19 heavy (non-hydrogen) atoms. The fraction of sp³-hybridized carbons (Fsp3) is 0.294. The summed E-state index contributed by atoms with van der Waals surface area (Å²) in [6.45, 7) is 2.77. The van der Waals surface area contributed by atoms with Crippen LogP contribution in [0.3, 0.4) is 0 Å². The third kappa shape index (κ3) is 2.55.